The summed E-state index contributed by atoms with van der Waals surface area (Å²) in [6.45, 7) is 2.28. The van der Waals surface area contributed by atoms with E-state index in [4.69, 9.17) is 5.84 Å². The zero-order chi connectivity index (χ0) is 8.55. The molecule has 0 saturated heterocycles. The van der Waals surface area contributed by atoms with Crippen LogP contribution in [0.4, 0.5) is 5.69 Å². The summed E-state index contributed by atoms with van der Waals surface area (Å²) in [4.78, 5) is 0. The first kappa shape index (κ1) is 7.62. The van der Waals surface area contributed by atoms with Crippen molar-refractivity contribution in [1.82, 2.24) is 0 Å². The highest BCUT2D eigenvalue weighted by molar-refractivity contribution is 5.53. The van der Waals surface area contributed by atoms with Gasteiger partial charge in [0, 0.05) is 0 Å². The number of nitrogen functional groups attached to an aromatic ring is 1. The number of para-hydroxylation sites is 1. The maximum absolute atomic E-state index is 5.41. The van der Waals surface area contributed by atoms with Gasteiger partial charge in [-0.2, -0.15) is 0 Å². The van der Waals surface area contributed by atoms with Gasteiger partial charge in [0.05, 0.1) is 5.69 Å². The van der Waals surface area contributed by atoms with Gasteiger partial charge in [0.15, 0.2) is 0 Å². The largest absolute Gasteiger partial charge is 0.324 e. The minimum absolute atomic E-state index is 0.734. The number of anilines is 1. The quantitative estimate of drug-likeness (QED) is 0.516. The van der Waals surface area contributed by atoms with Gasteiger partial charge in [0.1, 0.15) is 0 Å². The van der Waals surface area contributed by atoms with Crippen molar-refractivity contribution in [3.8, 4) is 0 Å². The fourth-order valence-electron chi connectivity index (χ4n) is 1.71. The lowest BCUT2D eigenvalue weighted by Crippen LogP contribution is -2.08. The molecule has 1 fully saturated rings. The van der Waals surface area contributed by atoms with Crippen molar-refractivity contribution in [3.05, 3.63) is 29.8 Å². The summed E-state index contributed by atoms with van der Waals surface area (Å²) < 4.78 is 0. The third-order valence-electron chi connectivity index (χ3n) is 2.63. The summed E-state index contributed by atoms with van der Waals surface area (Å²) in [5.74, 6) is 6.98. The molecule has 0 spiro atoms. The van der Waals surface area contributed by atoms with Crippen molar-refractivity contribution < 1.29 is 0 Å². The van der Waals surface area contributed by atoms with E-state index in [1.54, 1.807) is 0 Å². The summed E-state index contributed by atoms with van der Waals surface area (Å²) >= 11 is 0. The average molecular weight is 162 g/mol. The first-order valence-electron chi connectivity index (χ1n) is 4.38. The van der Waals surface area contributed by atoms with Crippen LogP contribution in [-0.4, -0.2) is 0 Å². The first-order chi connectivity index (χ1) is 5.83. The molecule has 1 aromatic carbocycles. The predicted octanol–water partition coefficient (Wildman–Crippen LogP) is 2.10. The van der Waals surface area contributed by atoms with Crippen LogP contribution in [0.25, 0.3) is 0 Å². The van der Waals surface area contributed by atoms with Crippen LogP contribution in [0.3, 0.4) is 0 Å². The van der Waals surface area contributed by atoms with Crippen molar-refractivity contribution in [3.63, 3.8) is 0 Å². The van der Waals surface area contributed by atoms with Crippen molar-refractivity contribution in [2.75, 3.05) is 5.43 Å². The number of nitrogens with two attached hydrogens (primary N) is 1. The van der Waals surface area contributed by atoms with Crippen LogP contribution in [0.2, 0.25) is 0 Å². The molecule has 0 aliphatic heterocycles. The third kappa shape index (κ3) is 1.18. The predicted molar refractivity (Wildman–Crippen MR) is 50.8 cm³/mol. The van der Waals surface area contributed by atoms with E-state index >= 15 is 0 Å². The van der Waals surface area contributed by atoms with Gasteiger partial charge in [-0.05, 0) is 29.9 Å². The minimum atomic E-state index is 0.734. The van der Waals surface area contributed by atoms with Crippen LogP contribution in [0.1, 0.15) is 24.8 Å². The SMILES string of the molecule is CC1CC1c1ccccc1NN. The Bertz CT molecular complexity index is 283. The van der Waals surface area contributed by atoms with E-state index in [1.807, 2.05) is 12.1 Å². The Morgan fingerprint density at radius 1 is 1.42 bits per heavy atom. The summed E-state index contributed by atoms with van der Waals surface area (Å²) in [5.41, 5.74) is 5.18. The molecule has 1 aliphatic carbocycles. The second-order valence-electron chi connectivity index (χ2n) is 3.55. The molecule has 2 rings (SSSR count). The molecule has 2 heteroatoms. The van der Waals surface area contributed by atoms with Gasteiger partial charge in [-0.25, -0.2) is 0 Å². The number of rotatable bonds is 2. The van der Waals surface area contributed by atoms with Gasteiger partial charge in [-0.15, -0.1) is 0 Å². The van der Waals surface area contributed by atoms with Gasteiger partial charge >= 0.3 is 0 Å². The highest BCUT2D eigenvalue weighted by Crippen LogP contribution is 2.48. The number of benzene rings is 1. The smallest absolute Gasteiger partial charge is 0.0519 e. The van der Waals surface area contributed by atoms with Gasteiger partial charge < -0.3 is 5.43 Å². The number of hydrazine groups is 1. The van der Waals surface area contributed by atoms with Crippen molar-refractivity contribution >= 4 is 5.69 Å². The fraction of sp³-hybridized carbons (Fsp3) is 0.400. The Labute approximate surface area is 72.7 Å². The number of hydrogen-bond acceptors (Lipinski definition) is 2. The van der Waals surface area contributed by atoms with Crippen molar-refractivity contribution in [2.45, 2.75) is 19.3 Å². The fourth-order valence-corrected chi connectivity index (χ4v) is 1.71. The summed E-state index contributed by atoms with van der Waals surface area (Å²) in [5, 5.41) is 0. The van der Waals surface area contributed by atoms with Crippen LogP contribution in [0, 0.1) is 5.92 Å². The molecule has 1 aromatic rings. The molecule has 0 heterocycles. The maximum atomic E-state index is 5.41. The molecule has 64 valence electrons. The molecule has 12 heavy (non-hydrogen) atoms. The third-order valence-corrected chi connectivity index (χ3v) is 2.63. The molecular formula is C10H14N2. The normalized spacial score (nSPS) is 26.8. The topological polar surface area (TPSA) is 38.0 Å². The second kappa shape index (κ2) is 2.79. The van der Waals surface area contributed by atoms with Crippen LogP contribution < -0.4 is 11.3 Å². The minimum Gasteiger partial charge on any atom is -0.324 e. The van der Waals surface area contributed by atoms with Crippen LogP contribution in [-0.2, 0) is 0 Å². The van der Waals surface area contributed by atoms with E-state index in [0.29, 0.717) is 0 Å². The van der Waals surface area contributed by atoms with Gasteiger partial charge in [0.2, 0.25) is 0 Å². The molecule has 0 amide bonds. The van der Waals surface area contributed by atoms with Crippen LogP contribution >= 0.6 is 0 Å². The molecule has 0 radical (unpaired) electrons. The first-order valence-corrected chi connectivity index (χ1v) is 4.38. The van der Waals surface area contributed by atoms with Crippen molar-refractivity contribution in [2.24, 2.45) is 11.8 Å². The van der Waals surface area contributed by atoms with E-state index in [9.17, 15) is 0 Å². The van der Waals surface area contributed by atoms with Crippen molar-refractivity contribution in [1.29, 1.82) is 0 Å². The summed E-state index contributed by atoms with van der Waals surface area (Å²) in [7, 11) is 0. The lowest BCUT2D eigenvalue weighted by atomic mass is 10.1. The Morgan fingerprint density at radius 3 is 2.67 bits per heavy atom. The summed E-state index contributed by atoms with van der Waals surface area (Å²) in [6, 6.07) is 8.26. The zero-order valence-electron chi connectivity index (χ0n) is 7.25. The van der Waals surface area contributed by atoms with E-state index in [2.05, 4.69) is 24.5 Å². The van der Waals surface area contributed by atoms with E-state index in [-0.39, 0.29) is 0 Å². The van der Waals surface area contributed by atoms with Gasteiger partial charge in [-0.1, -0.05) is 25.1 Å². The molecular weight excluding hydrogens is 148 g/mol. The average Bonchev–Trinajstić information content (AvgIpc) is 2.83. The zero-order valence-corrected chi connectivity index (χ0v) is 7.25. The highest BCUT2D eigenvalue weighted by atomic mass is 15.2. The Balaban J connectivity index is 2.29. The molecule has 2 unspecified atom stereocenters. The van der Waals surface area contributed by atoms with Gasteiger partial charge in [0.25, 0.3) is 0 Å². The molecule has 2 atom stereocenters. The van der Waals surface area contributed by atoms with E-state index in [0.717, 1.165) is 17.5 Å². The Kier molecular flexibility index (Phi) is 1.77. The molecule has 0 aromatic heterocycles. The van der Waals surface area contributed by atoms with E-state index in [1.165, 1.54) is 12.0 Å². The molecule has 2 nitrogen and oxygen atoms in total. The molecule has 3 N–H and O–H groups in total. The molecule has 0 bridgehead atoms. The van der Waals surface area contributed by atoms with Gasteiger partial charge in [-0.3, -0.25) is 5.84 Å². The van der Waals surface area contributed by atoms with Crippen LogP contribution in [0.15, 0.2) is 24.3 Å². The Hall–Kier alpha value is -1.02. The maximum Gasteiger partial charge on any atom is 0.0519 e. The Morgan fingerprint density at radius 2 is 2.08 bits per heavy atom. The van der Waals surface area contributed by atoms with Crippen LogP contribution in [0.5, 0.6) is 0 Å². The number of nitrogens with one attached hydrogen (secondary N) is 1. The lowest BCUT2D eigenvalue weighted by Gasteiger charge is -2.06. The molecule has 1 aliphatic rings. The monoisotopic (exact) mass is 162 g/mol. The second-order valence-corrected chi connectivity index (χ2v) is 3.55. The number of hydrogen-bond donors (Lipinski definition) is 2. The molecule has 1 saturated carbocycles. The lowest BCUT2D eigenvalue weighted by molar-refractivity contribution is 0.914. The standard InChI is InChI=1S/C10H14N2/c1-7-6-9(7)8-4-2-3-5-10(8)12-11/h2-5,7,9,12H,6,11H2,1H3. The van der Waals surface area contributed by atoms with E-state index < -0.39 is 0 Å². The summed E-state index contributed by atoms with van der Waals surface area (Å²) in [6.07, 6.45) is 1.30. The highest BCUT2D eigenvalue weighted by Gasteiger charge is 2.35.